The van der Waals surface area contributed by atoms with Crippen LogP contribution in [0, 0.1) is 6.92 Å². The van der Waals surface area contributed by atoms with Gasteiger partial charge in [-0.3, -0.25) is 0 Å². The largest absolute Gasteiger partial charge is 0.497 e. The van der Waals surface area contributed by atoms with Crippen LogP contribution < -0.4 is 4.74 Å². The molecular formula is C15H14O. The second kappa shape index (κ2) is 3.38. The van der Waals surface area contributed by atoms with E-state index in [-0.39, 0.29) is 0 Å². The Morgan fingerprint density at radius 1 is 0.938 bits per heavy atom. The van der Waals surface area contributed by atoms with E-state index in [9.17, 15) is 0 Å². The molecule has 0 heterocycles. The maximum atomic E-state index is 5.28. The molecular weight excluding hydrogens is 196 g/mol. The summed E-state index contributed by atoms with van der Waals surface area (Å²) in [6.45, 7) is 2.14. The highest BCUT2D eigenvalue weighted by atomic mass is 16.5. The van der Waals surface area contributed by atoms with Crippen molar-refractivity contribution in [2.45, 2.75) is 13.3 Å². The van der Waals surface area contributed by atoms with Crippen molar-refractivity contribution in [3.05, 3.63) is 53.1 Å². The van der Waals surface area contributed by atoms with E-state index in [1.807, 2.05) is 6.07 Å². The lowest BCUT2D eigenvalue weighted by Crippen LogP contribution is -1.84. The summed E-state index contributed by atoms with van der Waals surface area (Å²) in [5.74, 6) is 0.938. The fourth-order valence-corrected chi connectivity index (χ4v) is 2.39. The highest BCUT2D eigenvalue weighted by Crippen LogP contribution is 2.38. The Morgan fingerprint density at radius 3 is 2.38 bits per heavy atom. The molecule has 0 saturated carbocycles. The summed E-state index contributed by atoms with van der Waals surface area (Å²) in [4.78, 5) is 0. The molecule has 3 rings (SSSR count). The topological polar surface area (TPSA) is 9.23 Å². The average Bonchev–Trinajstić information content (AvgIpc) is 2.66. The lowest BCUT2D eigenvalue weighted by molar-refractivity contribution is 0.415. The van der Waals surface area contributed by atoms with Gasteiger partial charge in [0.1, 0.15) is 5.75 Å². The minimum atomic E-state index is 0.938. The highest BCUT2D eigenvalue weighted by Gasteiger charge is 2.18. The van der Waals surface area contributed by atoms with E-state index < -0.39 is 0 Å². The van der Waals surface area contributed by atoms with Gasteiger partial charge in [-0.2, -0.15) is 0 Å². The highest BCUT2D eigenvalue weighted by molar-refractivity contribution is 5.78. The monoisotopic (exact) mass is 210 g/mol. The van der Waals surface area contributed by atoms with E-state index in [0.29, 0.717) is 0 Å². The molecule has 1 nitrogen and oxygen atoms in total. The molecule has 0 spiro atoms. The molecule has 1 aliphatic rings. The van der Waals surface area contributed by atoms with Crippen LogP contribution in [-0.4, -0.2) is 7.11 Å². The van der Waals surface area contributed by atoms with Crippen LogP contribution in [0.15, 0.2) is 36.4 Å². The Kier molecular flexibility index (Phi) is 2.00. The van der Waals surface area contributed by atoms with Crippen molar-refractivity contribution in [3.8, 4) is 16.9 Å². The molecule has 0 atom stereocenters. The van der Waals surface area contributed by atoms with Gasteiger partial charge in [-0.25, -0.2) is 0 Å². The first-order valence-electron chi connectivity index (χ1n) is 5.55. The SMILES string of the molecule is COc1ccc2c(c1)-c1cc(C)ccc1C2. The Balaban J connectivity index is 2.22. The lowest BCUT2D eigenvalue weighted by atomic mass is 10.0. The number of methoxy groups -OCH3 is 1. The molecule has 80 valence electrons. The molecule has 0 fully saturated rings. The maximum Gasteiger partial charge on any atom is 0.119 e. The van der Waals surface area contributed by atoms with Gasteiger partial charge in [-0.1, -0.05) is 29.8 Å². The van der Waals surface area contributed by atoms with Crippen LogP contribution in [0.2, 0.25) is 0 Å². The van der Waals surface area contributed by atoms with Gasteiger partial charge in [0, 0.05) is 0 Å². The summed E-state index contributed by atoms with van der Waals surface area (Å²) in [6.07, 6.45) is 1.05. The Labute approximate surface area is 95.7 Å². The summed E-state index contributed by atoms with van der Waals surface area (Å²) in [5, 5.41) is 0. The van der Waals surface area contributed by atoms with Crippen molar-refractivity contribution in [3.63, 3.8) is 0 Å². The third kappa shape index (κ3) is 1.32. The fraction of sp³-hybridized carbons (Fsp3) is 0.200. The molecule has 0 aliphatic heterocycles. The first-order valence-corrected chi connectivity index (χ1v) is 5.55. The Bertz CT molecular complexity index is 555. The third-order valence-corrected chi connectivity index (χ3v) is 3.25. The Hall–Kier alpha value is -1.76. The molecule has 1 heteroatoms. The van der Waals surface area contributed by atoms with Crippen LogP contribution in [0.1, 0.15) is 16.7 Å². The number of aryl methyl sites for hydroxylation is 1. The van der Waals surface area contributed by atoms with Gasteiger partial charge in [-0.15, -0.1) is 0 Å². The number of hydrogen-bond acceptors (Lipinski definition) is 1. The summed E-state index contributed by atoms with van der Waals surface area (Å²) in [7, 11) is 1.72. The molecule has 0 radical (unpaired) electrons. The van der Waals surface area contributed by atoms with E-state index in [0.717, 1.165) is 12.2 Å². The van der Waals surface area contributed by atoms with E-state index >= 15 is 0 Å². The predicted octanol–water partition coefficient (Wildman–Crippen LogP) is 3.57. The molecule has 16 heavy (non-hydrogen) atoms. The number of rotatable bonds is 1. The minimum Gasteiger partial charge on any atom is -0.497 e. The average molecular weight is 210 g/mol. The summed E-state index contributed by atoms with van der Waals surface area (Å²) in [6, 6.07) is 13.0. The molecule has 0 unspecified atom stereocenters. The molecule has 0 N–H and O–H groups in total. The number of fused-ring (bicyclic) bond motifs is 3. The van der Waals surface area contributed by atoms with Crippen LogP contribution in [0.25, 0.3) is 11.1 Å². The van der Waals surface area contributed by atoms with Crippen LogP contribution in [0.3, 0.4) is 0 Å². The van der Waals surface area contributed by atoms with Gasteiger partial charge in [-0.05, 0) is 47.7 Å². The van der Waals surface area contributed by atoms with Gasteiger partial charge in [0.2, 0.25) is 0 Å². The fourth-order valence-electron chi connectivity index (χ4n) is 2.39. The second-order valence-electron chi connectivity index (χ2n) is 4.36. The van der Waals surface area contributed by atoms with Crippen molar-refractivity contribution in [1.29, 1.82) is 0 Å². The first-order chi connectivity index (χ1) is 7.78. The molecule has 2 aromatic carbocycles. The van der Waals surface area contributed by atoms with Crippen LogP contribution in [0.5, 0.6) is 5.75 Å². The third-order valence-electron chi connectivity index (χ3n) is 3.25. The van der Waals surface area contributed by atoms with E-state index in [1.165, 1.54) is 27.8 Å². The zero-order valence-corrected chi connectivity index (χ0v) is 9.58. The van der Waals surface area contributed by atoms with Crippen molar-refractivity contribution in [1.82, 2.24) is 0 Å². The van der Waals surface area contributed by atoms with Gasteiger partial charge in [0.25, 0.3) is 0 Å². The molecule has 2 aromatic rings. The second-order valence-corrected chi connectivity index (χ2v) is 4.36. The zero-order valence-electron chi connectivity index (χ0n) is 9.58. The maximum absolute atomic E-state index is 5.28. The molecule has 0 saturated heterocycles. The molecule has 0 amide bonds. The van der Waals surface area contributed by atoms with Crippen molar-refractivity contribution >= 4 is 0 Å². The Morgan fingerprint density at radius 2 is 1.62 bits per heavy atom. The van der Waals surface area contributed by atoms with Crippen LogP contribution in [0.4, 0.5) is 0 Å². The van der Waals surface area contributed by atoms with Crippen molar-refractivity contribution in [2.75, 3.05) is 7.11 Å². The van der Waals surface area contributed by atoms with Crippen LogP contribution in [-0.2, 0) is 6.42 Å². The standard InChI is InChI=1S/C15H14O/c1-10-3-4-11-8-12-5-6-13(16-2)9-15(12)14(11)7-10/h3-7,9H,8H2,1-2H3. The van der Waals surface area contributed by atoms with Gasteiger partial charge in [0.15, 0.2) is 0 Å². The van der Waals surface area contributed by atoms with Gasteiger partial charge < -0.3 is 4.74 Å². The summed E-state index contributed by atoms with van der Waals surface area (Å²) >= 11 is 0. The van der Waals surface area contributed by atoms with E-state index in [1.54, 1.807) is 7.11 Å². The first kappa shape index (κ1) is 9.46. The molecule has 0 bridgehead atoms. The van der Waals surface area contributed by atoms with Crippen LogP contribution >= 0.6 is 0 Å². The smallest absolute Gasteiger partial charge is 0.119 e. The van der Waals surface area contributed by atoms with Gasteiger partial charge in [0.05, 0.1) is 7.11 Å². The number of ether oxygens (including phenoxy) is 1. The summed E-state index contributed by atoms with van der Waals surface area (Å²) in [5.41, 5.74) is 6.84. The minimum absolute atomic E-state index is 0.938. The quantitative estimate of drug-likeness (QED) is 0.596. The number of benzene rings is 2. The van der Waals surface area contributed by atoms with Crippen molar-refractivity contribution in [2.24, 2.45) is 0 Å². The van der Waals surface area contributed by atoms with E-state index in [2.05, 4.69) is 37.3 Å². The van der Waals surface area contributed by atoms with Gasteiger partial charge >= 0.3 is 0 Å². The zero-order chi connectivity index (χ0) is 11.1. The number of hydrogen-bond donors (Lipinski definition) is 0. The van der Waals surface area contributed by atoms with Crippen molar-refractivity contribution < 1.29 is 4.74 Å². The summed E-state index contributed by atoms with van der Waals surface area (Å²) < 4.78 is 5.28. The predicted molar refractivity (Wildman–Crippen MR) is 66.0 cm³/mol. The lowest BCUT2D eigenvalue weighted by Gasteiger charge is -2.05. The van der Waals surface area contributed by atoms with E-state index in [4.69, 9.17) is 4.74 Å². The molecule has 1 aliphatic carbocycles. The molecule has 0 aromatic heterocycles. The normalized spacial score (nSPS) is 12.1.